The number of ether oxygens (including phenoxy) is 1. The first kappa shape index (κ1) is 16.2. The highest BCUT2D eigenvalue weighted by molar-refractivity contribution is 5.86. The number of likely N-dealkylation sites (tertiary alicyclic amines) is 1. The number of amides is 1. The second-order valence-corrected chi connectivity index (χ2v) is 5.90. The van der Waals surface area contributed by atoms with E-state index in [0.717, 1.165) is 11.1 Å². The summed E-state index contributed by atoms with van der Waals surface area (Å²) >= 11 is 0. The molecule has 1 fully saturated rings. The molecule has 0 radical (unpaired) electrons. The molecule has 124 valence electrons. The fourth-order valence-corrected chi connectivity index (χ4v) is 2.74. The predicted octanol–water partition coefficient (Wildman–Crippen LogP) is 2.92. The van der Waals surface area contributed by atoms with Crippen molar-refractivity contribution >= 4 is 11.9 Å². The zero-order valence-corrected chi connectivity index (χ0v) is 13.2. The maximum Gasteiger partial charge on any atom is 0.311 e. The fourth-order valence-electron chi connectivity index (χ4n) is 2.74. The Morgan fingerprint density at radius 3 is 2.50 bits per heavy atom. The molecule has 3 rings (SSSR count). The molecule has 1 amide bonds. The van der Waals surface area contributed by atoms with E-state index >= 15 is 0 Å². The second-order valence-electron chi connectivity index (χ2n) is 5.90. The number of carbonyl (C=O) groups excluding carboxylic acids is 2. The molecule has 2 aromatic rings. The van der Waals surface area contributed by atoms with Crippen molar-refractivity contribution in [1.82, 2.24) is 4.90 Å². The van der Waals surface area contributed by atoms with Crippen LogP contribution < -0.4 is 0 Å². The molecule has 0 saturated carbocycles. The molecule has 2 aromatic carbocycles. The van der Waals surface area contributed by atoms with Crippen molar-refractivity contribution in [3.8, 4) is 0 Å². The van der Waals surface area contributed by atoms with Crippen LogP contribution in [0.4, 0.5) is 4.39 Å². The number of halogens is 1. The molecular formula is C19H18FNO3. The molecule has 0 aromatic heterocycles. The number of nitrogens with zero attached hydrogens (tertiary/aromatic N) is 1. The van der Waals surface area contributed by atoms with E-state index in [9.17, 15) is 14.0 Å². The predicted molar refractivity (Wildman–Crippen MR) is 86.2 cm³/mol. The Labute approximate surface area is 139 Å². The van der Waals surface area contributed by atoms with Crippen LogP contribution in [0.25, 0.3) is 0 Å². The number of rotatable bonds is 5. The van der Waals surface area contributed by atoms with E-state index in [1.807, 2.05) is 30.3 Å². The van der Waals surface area contributed by atoms with Gasteiger partial charge < -0.3 is 9.64 Å². The minimum absolute atomic E-state index is 0.0393. The number of esters is 1. The molecule has 24 heavy (non-hydrogen) atoms. The van der Waals surface area contributed by atoms with E-state index in [0.29, 0.717) is 13.1 Å². The van der Waals surface area contributed by atoms with Gasteiger partial charge in [0.1, 0.15) is 12.4 Å². The van der Waals surface area contributed by atoms with Gasteiger partial charge in [0.05, 0.1) is 5.92 Å². The Morgan fingerprint density at radius 2 is 1.79 bits per heavy atom. The van der Waals surface area contributed by atoms with Gasteiger partial charge >= 0.3 is 5.97 Å². The summed E-state index contributed by atoms with van der Waals surface area (Å²) in [6, 6.07) is 15.5. The van der Waals surface area contributed by atoms with Crippen LogP contribution in [0.1, 0.15) is 17.5 Å². The highest BCUT2D eigenvalue weighted by atomic mass is 19.1. The quantitative estimate of drug-likeness (QED) is 0.793. The van der Waals surface area contributed by atoms with E-state index in [1.165, 1.54) is 12.1 Å². The Bertz CT molecular complexity index is 715. The van der Waals surface area contributed by atoms with Gasteiger partial charge in [-0.3, -0.25) is 9.59 Å². The molecule has 1 aliphatic heterocycles. The van der Waals surface area contributed by atoms with Crippen molar-refractivity contribution < 1.29 is 18.7 Å². The van der Waals surface area contributed by atoms with Crippen molar-refractivity contribution in [1.29, 1.82) is 0 Å². The minimum atomic E-state index is -0.443. The smallest absolute Gasteiger partial charge is 0.311 e. The maximum absolute atomic E-state index is 12.8. The summed E-state index contributed by atoms with van der Waals surface area (Å²) in [4.78, 5) is 25.9. The molecule has 1 heterocycles. The summed E-state index contributed by atoms with van der Waals surface area (Å²) in [5, 5.41) is 0. The lowest BCUT2D eigenvalue weighted by molar-refractivity contribution is -0.149. The van der Waals surface area contributed by atoms with E-state index in [2.05, 4.69) is 0 Å². The third kappa shape index (κ3) is 3.98. The van der Waals surface area contributed by atoms with Crippen LogP contribution >= 0.6 is 0 Å². The third-order valence-corrected chi connectivity index (χ3v) is 4.06. The van der Waals surface area contributed by atoms with Gasteiger partial charge in [-0.1, -0.05) is 42.5 Å². The number of hydrogen-bond acceptors (Lipinski definition) is 3. The van der Waals surface area contributed by atoms with Gasteiger partial charge in [0, 0.05) is 19.5 Å². The molecular weight excluding hydrogens is 309 g/mol. The largest absolute Gasteiger partial charge is 0.461 e. The molecule has 0 bridgehead atoms. The normalized spacial score (nSPS) is 17.1. The van der Waals surface area contributed by atoms with Gasteiger partial charge in [-0.15, -0.1) is 0 Å². The first-order chi connectivity index (χ1) is 11.6. The van der Waals surface area contributed by atoms with Crippen LogP contribution in [-0.4, -0.2) is 23.3 Å². The summed E-state index contributed by atoms with van der Waals surface area (Å²) in [7, 11) is 0. The molecule has 0 unspecified atom stereocenters. The molecule has 1 saturated heterocycles. The van der Waals surface area contributed by atoms with Crippen LogP contribution in [0, 0.1) is 11.7 Å². The average molecular weight is 327 g/mol. The van der Waals surface area contributed by atoms with Gasteiger partial charge in [0.25, 0.3) is 0 Å². The monoisotopic (exact) mass is 327 g/mol. The lowest BCUT2D eigenvalue weighted by atomic mass is 10.1. The molecule has 0 N–H and O–H groups in total. The van der Waals surface area contributed by atoms with Crippen molar-refractivity contribution in [3.05, 3.63) is 71.5 Å². The number of carbonyl (C=O) groups is 2. The Balaban J connectivity index is 1.53. The van der Waals surface area contributed by atoms with Crippen LogP contribution in [0.5, 0.6) is 0 Å². The van der Waals surface area contributed by atoms with Gasteiger partial charge in [0.2, 0.25) is 5.91 Å². The lowest BCUT2D eigenvalue weighted by Crippen LogP contribution is -2.26. The molecule has 4 nitrogen and oxygen atoms in total. The van der Waals surface area contributed by atoms with E-state index < -0.39 is 5.92 Å². The van der Waals surface area contributed by atoms with E-state index in [4.69, 9.17) is 4.74 Å². The Morgan fingerprint density at radius 1 is 1.08 bits per heavy atom. The summed E-state index contributed by atoms with van der Waals surface area (Å²) in [5.74, 6) is -1.20. The van der Waals surface area contributed by atoms with Crippen molar-refractivity contribution in [2.24, 2.45) is 5.92 Å². The van der Waals surface area contributed by atoms with Crippen molar-refractivity contribution in [2.75, 3.05) is 6.54 Å². The van der Waals surface area contributed by atoms with Gasteiger partial charge in [-0.05, 0) is 23.3 Å². The second kappa shape index (κ2) is 7.25. The van der Waals surface area contributed by atoms with Crippen LogP contribution in [0.3, 0.4) is 0 Å². The fraction of sp³-hybridized carbons (Fsp3) is 0.263. The van der Waals surface area contributed by atoms with E-state index in [1.54, 1.807) is 17.0 Å². The molecule has 0 aliphatic carbocycles. The molecule has 5 heteroatoms. The summed E-state index contributed by atoms with van der Waals surface area (Å²) in [6.07, 6.45) is 0.176. The zero-order valence-electron chi connectivity index (χ0n) is 13.2. The molecule has 1 aliphatic rings. The number of hydrogen-bond donors (Lipinski definition) is 0. The third-order valence-electron chi connectivity index (χ3n) is 4.06. The van der Waals surface area contributed by atoms with Crippen LogP contribution in [-0.2, 0) is 27.5 Å². The first-order valence-corrected chi connectivity index (χ1v) is 7.84. The topological polar surface area (TPSA) is 46.6 Å². The molecule has 1 atom stereocenters. The summed E-state index contributed by atoms with van der Waals surface area (Å²) in [5.41, 5.74) is 1.75. The highest BCUT2D eigenvalue weighted by Crippen LogP contribution is 2.22. The standard InChI is InChI=1S/C19H18FNO3/c20-17-8-6-15(7-9-17)13-24-19(23)16-10-18(22)21(12-16)11-14-4-2-1-3-5-14/h1-9,16H,10-13H2/t16-/m1/s1. The SMILES string of the molecule is O=C(OCc1ccc(F)cc1)[C@@H]1CC(=O)N(Cc2ccccc2)C1. The minimum Gasteiger partial charge on any atom is -0.461 e. The summed E-state index contributed by atoms with van der Waals surface area (Å²) < 4.78 is 18.1. The van der Waals surface area contributed by atoms with E-state index in [-0.39, 0.29) is 30.7 Å². The van der Waals surface area contributed by atoms with Crippen molar-refractivity contribution in [3.63, 3.8) is 0 Å². The van der Waals surface area contributed by atoms with Crippen LogP contribution in [0.2, 0.25) is 0 Å². The first-order valence-electron chi connectivity index (χ1n) is 7.84. The zero-order chi connectivity index (χ0) is 16.9. The maximum atomic E-state index is 12.8. The summed E-state index contributed by atoms with van der Waals surface area (Å²) in [6.45, 7) is 0.958. The number of benzene rings is 2. The van der Waals surface area contributed by atoms with Crippen molar-refractivity contribution in [2.45, 2.75) is 19.6 Å². The lowest BCUT2D eigenvalue weighted by Gasteiger charge is -2.16. The van der Waals surface area contributed by atoms with Gasteiger partial charge in [-0.25, -0.2) is 4.39 Å². The Kier molecular flexibility index (Phi) is 4.89. The van der Waals surface area contributed by atoms with Crippen LogP contribution in [0.15, 0.2) is 54.6 Å². The average Bonchev–Trinajstić information content (AvgIpc) is 2.96. The molecule has 0 spiro atoms. The van der Waals surface area contributed by atoms with Gasteiger partial charge in [-0.2, -0.15) is 0 Å². The highest BCUT2D eigenvalue weighted by Gasteiger charge is 2.35. The Hall–Kier alpha value is -2.69. The van der Waals surface area contributed by atoms with Gasteiger partial charge in [0.15, 0.2) is 0 Å².